The molecule has 0 spiro atoms. The Morgan fingerprint density at radius 3 is 2.41 bits per heavy atom. The molecular weight excluding hydrogens is 208 g/mol. The summed E-state index contributed by atoms with van der Waals surface area (Å²) in [7, 11) is 4.36. The van der Waals surface area contributed by atoms with Crippen LogP contribution in [0.3, 0.4) is 0 Å². The molecule has 2 unspecified atom stereocenters. The molecular formula is C15H22N2. The number of nitrogens with one attached hydrogen (secondary N) is 1. The third-order valence-corrected chi connectivity index (χ3v) is 4.23. The van der Waals surface area contributed by atoms with Crippen molar-refractivity contribution in [1.82, 2.24) is 10.2 Å². The summed E-state index contributed by atoms with van der Waals surface area (Å²) in [5.74, 6) is 0.853. The standard InChI is InChI=1S/C15H22N2/c1-17(2)12-9-15(16-10-12)14-6-4-3-5-13(14)11-7-8-11/h3-6,11-12,15-16H,7-10H2,1-2H3. The fraction of sp³-hybridized carbons (Fsp3) is 0.600. The van der Waals surface area contributed by atoms with Gasteiger partial charge in [0, 0.05) is 18.6 Å². The molecule has 0 aromatic heterocycles. The zero-order valence-electron chi connectivity index (χ0n) is 10.8. The van der Waals surface area contributed by atoms with Crippen LogP contribution in [0.25, 0.3) is 0 Å². The second-order valence-electron chi connectivity index (χ2n) is 5.72. The Labute approximate surface area is 104 Å². The minimum absolute atomic E-state index is 0.569. The van der Waals surface area contributed by atoms with Crippen LogP contribution in [-0.4, -0.2) is 31.6 Å². The Bertz CT molecular complexity index is 396. The molecule has 0 amide bonds. The molecule has 1 saturated heterocycles. The van der Waals surface area contributed by atoms with E-state index in [1.165, 1.54) is 19.3 Å². The minimum Gasteiger partial charge on any atom is -0.308 e. The first-order valence-electron chi connectivity index (χ1n) is 6.74. The maximum absolute atomic E-state index is 3.69. The van der Waals surface area contributed by atoms with E-state index in [0.717, 1.165) is 12.5 Å². The first kappa shape index (κ1) is 11.2. The van der Waals surface area contributed by atoms with Crippen molar-refractivity contribution >= 4 is 0 Å². The molecule has 1 aliphatic heterocycles. The van der Waals surface area contributed by atoms with E-state index in [0.29, 0.717) is 12.1 Å². The quantitative estimate of drug-likeness (QED) is 0.858. The maximum atomic E-state index is 3.69. The highest BCUT2D eigenvalue weighted by Gasteiger charge is 2.32. The average molecular weight is 230 g/mol. The van der Waals surface area contributed by atoms with Crippen LogP contribution in [0.4, 0.5) is 0 Å². The summed E-state index contributed by atoms with van der Waals surface area (Å²) in [6.07, 6.45) is 4.03. The third kappa shape index (κ3) is 2.24. The van der Waals surface area contributed by atoms with E-state index in [9.17, 15) is 0 Å². The van der Waals surface area contributed by atoms with Crippen LogP contribution >= 0.6 is 0 Å². The normalized spacial score (nSPS) is 28.9. The molecule has 1 heterocycles. The van der Waals surface area contributed by atoms with Gasteiger partial charge in [0.2, 0.25) is 0 Å². The van der Waals surface area contributed by atoms with Gasteiger partial charge in [-0.2, -0.15) is 0 Å². The van der Waals surface area contributed by atoms with Crippen LogP contribution < -0.4 is 5.32 Å². The lowest BCUT2D eigenvalue weighted by atomic mass is 9.95. The molecule has 1 aromatic carbocycles. The summed E-state index contributed by atoms with van der Waals surface area (Å²) in [5.41, 5.74) is 3.16. The van der Waals surface area contributed by atoms with Crippen LogP contribution in [0.2, 0.25) is 0 Å². The molecule has 17 heavy (non-hydrogen) atoms. The van der Waals surface area contributed by atoms with Crippen molar-refractivity contribution in [2.75, 3.05) is 20.6 Å². The fourth-order valence-corrected chi connectivity index (χ4v) is 2.94. The molecule has 92 valence electrons. The van der Waals surface area contributed by atoms with Crippen molar-refractivity contribution in [3.63, 3.8) is 0 Å². The first-order valence-corrected chi connectivity index (χ1v) is 6.74. The van der Waals surface area contributed by atoms with Crippen molar-refractivity contribution in [2.24, 2.45) is 0 Å². The van der Waals surface area contributed by atoms with E-state index >= 15 is 0 Å². The smallest absolute Gasteiger partial charge is 0.0339 e. The molecule has 3 rings (SSSR count). The van der Waals surface area contributed by atoms with E-state index in [1.807, 2.05) is 0 Å². The summed E-state index contributed by atoms with van der Waals surface area (Å²) in [6.45, 7) is 1.12. The van der Waals surface area contributed by atoms with E-state index < -0.39 is 0 Å². The second kappa shape index (κ2) is 4.43. The predicted molar refractivity (Wildman–Crippen MR) is 71.3 cm³/mol. The Morgan fingerprint density at radius 1 is 1.12 bits per heavy atom. The van der Waals surface area contributed by atoms with Crippen LogP contribution in [0, 0.1) is 0 Å². The van der Waals surface area contributed by atoms with Gasteiger partial charge in [-0.1, -0.05) is 24.3 Å². The van der Waals surface area contributed by atoms with E-state index in [-0.39, 0.29) is 0 Å². The zero-order chi connectivity index (χ0) is 11.8. The van der Waals surface area contributed by atoms with Crippen molar-refractivity contribution < 1.29 is 0 Å². The Balaban J connectivity index is 1.80. The summed E-state index contributed by atoms with van der Waals surface area (Å²) < 4.78 is 0. The van der Waals surface area contributed by atoms with Crippen LogP contribution in [0.1, 0.15) is 42.3 Å². The molecule has 2 aliphatic rings. The molecule has 1 aromatic rings. The molecule has 1 saturated carbocycles. The van der Waals surface area contributed by atoms with Crippen molar-refractivity contribution in [2.45, 2.75) is 37.3 Å². The zero-order valence-corrected chi connectivity index (χ0v) is 10.8. The highest BCUT2D eigenvalue weighted by Crippen LogP contribution is 2.44. The van der Waals surface area contributed by atoms with Crippen LogP contribution in [-0.2, 0) is 0 Å². The lowest BCUT2D eigenvalue weighted by molar-refractivity contribution is 0.309. The summed E-state index contributed by atoms with van der Waals surface area (Å²) >= 11 is 0. The molecule has 0 radical (unpaired) electrons. The van der Waals surface area contributed by atoms with Gasteiger partial charge in [-0.05, 0) is 50.4 Å². The van der Waals surface area contributed by atoms with Gasteiger partial charge in [0.05, 0.1) is 0 Å². The number of nitrogens with zero attached hydrogens (tertiary/aromatic N) is 1. The van der Waals surface area contributed by atoms with Gasteiger partial charge in [0.25, 0.3) is 0 Å². The third-order valence-electron chi connectivity index (χ3n) is 4.23. The molecule has 1 aliphatic carbocycles. The Kier molecular flexibility index (Phi) is 2.93. The maximum Gasteiger partial charge on any atom is 0.0339 e. The van der Waals surface area contributed by atoms with Crippen molar-refractivity contribution in [1.29, 1.82) is 0 Å². The SMILES string of the molecule is CN(C)C1CNC(c2ccccc2C2CC2)C1. The topological polar surface area (TPSA) is 15.3 Å². The number of hydrogen-bond donors (Lipinski definition) is 1. The molecule has 2 atom stereocenters. The van der Waals surface area contributed by atoms with Gasteiger partial charge in [0.1, 0.15) is 0 Å². The van der Waals surface area contributed by atoms with Gasteiger partial charge in [-0.25, -0.2) is 0 Å². The molecule has 1 N–H and O–H groups in total. The Morgan fingerprint density at radius 2 is 1.82 bits per heavy atom. The lowest BCUT2D eigenvalue weighted by Crippen LogP contribution is -2.29. The summed E-state index contributed by atoms with van der Waals surface area (Å²) in [4.78, 5) is 2.34. The highest BCUT2D eigenvalue weighted by atomic mass is 15.2. The average Bonchev–Trinajstić information content (AvgIpc) is 3.06. The molecule has 0 bridgehead atoms. The predicted octanol–water partition coefficient (Wildman–Crippen LogP) is 2.53. The number of benzene rings is 1. The van der Waals surface area contributed by atoms with Gasteiger partial charge in [-0.3, -0.25) is 0 Å². The molecule has 2 heteroatoms. The van der Waals surface area contributed by atoms with Gasteiger partial charge in [-0.15, -0.1) is 0 Å². The van der Waals surface area contributed by atoms with Crippen molar-refractivity contribution in [3.05, 3.63) is 35.4 Å². The Hall–Kier alpha value is -0.860. The van der Waals surface area contributed by atoms with E-state index in [2.05, 4.69) is 48.6 Å². The number of likely N-dealkylation sites (N-methyl/N-ethyl adjacent to an activating group) is 1. The first-order chi connectivity index (χ1) is 8.25. The van der Waals surface area contributed by atoms with Crippen LogP contribution in [0.5, 0.6) is 0 Å². The van der Waals surface area contributed by atoms with E-state index in [1.54, 1.807) is 11.1 Å². The second-order valence-corrected chi connectivity index (χ2v) is 5.72. The van der Waals surface area contributed by atoms with Gasteiger partial charge in [0.15, 0.2) is 0 Å². The summed E-state index contributed by atoms with van der Waals surface area (Å²) in [6, 6.07) is 10.3. The highest BCUT2D eigenvalue weighted by molar-refractivity contribution is 5.36. The van der Waals surface area contributed by atoms with Gasteiger partial charge < -0.3 is 10.2 Å². The summed E-state index contributed by atoms with van der Waals surface area (Å²) in [5, 5.41) is 3.69. The lowest BCUT2D eigenvalue weighted by Gasteiger charge is -2.19. The molecule has 2 nitrogen and oxygen atoms in total. The number of rotatable bonds is 3. The largest absolute Gasteiger partial charge is 0.308 e. The van der Waals surface area contributed by atoms with Crippen LogP contribution in [0.15, 0.2) is 24.3 Å². The van der Waals surface area contributed by atoms with Crippen molar-refractivity contribution in [3.8, 4) is 0 Å². The number of hydrogen-bond acceptors (Lipinski definition) is 2. The molecule has 2 fully saturated rings. The fourth-order valence-electron chi connectivity index (χ4n) is 2.94. The van der Waals surface area contributed by atoms with Gasteiger partial charge >= 0.3 is 0 Å². The monoisotopic (exact) mass is 230 g/mol. The minimum atomic E-state index is 0.569. The van der Waals surface area contributed by atoms with E-state index in [4.69, 9.17) is 0 Å².